The molecule has 2 aromatic carbocycles. The molecule has 0 saturated carbocycles. The molecule has 0 aliphatic carbocycles. The second-order valence-electron chi connectivity index (χ2n) is 5.51. The lowest BCUT2D eigenvalue weighted by Crippen LogP contribution is -2.38. The summed E-state index contributed by atoms with van der Waals surface area (Å²) in [7, 11) is 0. The van der Waals surface area contributed by atoms with Gasteiger partial charge in [-0.25, -0.2) is 4.79 Å². The predicted octanol–water partition coefficient (Wildman–Crippen LogP) is 3.18. The molecule has 128 valence electrons. The van der Waals surface area contributed by atoms with Crippen molar-refractivity contribution in [3.8, 4) is 0 Å². The molecule has 6 nitrogen and oxygen atoms in total. The highest BCUT2D eigenvalue weighted by Gasteiger charge is 2.42. The maximum atomic E-state index is 12.7. The Morgan fingerprint density at radius 1 is 1.16 bits per heavy atom. The van der Waals surface area contributed by atoms with Crippen LogP contribution >= 0.6 is 0 Å². The monoisotopic (exact) mass is 337 g/mol. The van der Waals surface area contributed by atoms with Crippen molar-refractivity contribution in [3.63, 3.8) is 0 Å². The molecule has 1 fully saturated rings. The summed E-state index contributed by atoms with van der Waals surface area (Å²) in [6, 6.07) is 18.1. The first kappa shape index (κ1) is 16.7. The first-order valence-corrected chi connectivity index (χ1v) is 7.94. The normalized spacial score (nSPS) is 16.8. The highest BCUT2D eigenvalue weighted by molar-refractivity contribution is 5.94. The molecular formula is C19H19N3O3. The number of hydrogen-bond donors (Lipinski definition) is 1. The van der Waals surface area contributed by atoms with Crippen LogP contribution in [0.1, 0.15) is 11.7 Å². The Kier molecular flexibility index (Phi) is 5.11. The zero-order valence-corrected chi connectivity index (χ0v) is 13.7. The van der Waals surface area contributed by atoms with E-state index in [-0.39, 0.29) is 25.1 Å². The largest absolute Gasteiger partial charge is 0.324 e. The third-order valence-electron chi connectivity index (χ3n) is 3.78. The molecule has 1 atom stereocenters. The highest BCUT2D eigenvalue weighted by atomic mass is 16.7. The number of carbonyl (C=O) groups is 2. The van der Waals surface area contributed by atoms with Crippen molar-refractivity contribution in [1.29, 1.82) is 0 Å². The summed E-state index contributed by atoms with van der Waals surface area (Å²) in [4.78, 5) is 32.1. The Morgan fingerprint density at radius 2 is 1.80 bits per heavy atom. The molecule has 3 rings (SSSR count). The molecule has 0 spiro atoms. The number of amides is 3. The fourth-order valence-corrected chi connectivity index (χ4v) is 2.68. The quantitative estimate of drug-likeness (QED) is 0.853. The van der Waals surface area contributed by atoms with Gasteiger partial charge in [0, 0.05) is 5.69 Å². The van der Waals surface area contributed by atoms with Crippen LogP contribution in [0.25, 0.3) is 0 Å². The van der Waals surface area contributed by atoms with Crippen LogP contribution < -0.4 is 5.32 Å². The van der Waals surface area contributed by atoms with E-state index in [2.05, 4.69) is 11.9 Å². The number of nitrogens with one attached hydrogen (secondary N) is 1. The van der Waals surface area contributed by atoms with Gasteiger partial charge in [-0.1, -0.05) is 54.6 Å². The fraction of sp³-hybridized carbons (Fsp3) is 0.158. The van der Waals surface area contributed by atoms with E-state index in [1.54, 1.807) is 18.2 Å². The molecule has 3 amide bonds. The minimum Gasteiger partial charge on any atom is -0.308 e. The average Bonchev–Trinajstić information content (AvgIpc) is 2.98. The average molecular weight is 337 g/mol. The van der Waals surface area contributed by atoms with Crippen molar-refractivity contribution >= 4 is 17.6 Å². The summed E-state index contributed by atoms with van der Waals surface area (Å²) in [6.07, 6.45) is 0.930. The van der Waals surface area contributed by atoms with Crippen LogP contribution in [0.15, 0.2) is 73.3 Å². The first-order chi connectivity index (χ1) is 12.2. The van der Waals surface area contributed by atoms with Gasteiger partial charge < -0.3 is 5.32 Å². The van der Waals surface area contributed by atoms with E-state index in [1.807, 2.05) is 48.5 Å². The topological polar surface area (TPSA) is 61.9 Å². The summed E-state index contributed by atoms with van der Waals surface area (Å²) in [5, 5.41) is 4.05. The van der Waals surface area contributed by atoms with Crippen LogP contribution in [0.2, 0.25) is 0 Å². The van der Waals surface area contributed by atoms with Gasteiger partial charge in [-0.05, 0) is 17.7 Å². The molecule has 25 heavy (non-hydrogen) atoms. The van der Waals surface area contributed by atoms with E-state index < -0.39 is 6.17 Å². The van der Waals surface area contributed by atoms with Crippen LogP contribution in [0.4, 0.5) is 10.5 Å². The van der Waals surface area contributed by atoms with Gasteiger partial charge in [0.05, 0.1) is 6.61 Å². The van der Waals surface area contributed by atoms with Gasteiger partial charge in [0.2, 0.25) is 0 Å². The van der Waals surface area contributed by atoms with Gasteiger partial charge >= 0.3 is 6.03 Å². The number of urea groups is 1. The molecule has 1 N–H and O–H groups in total. The molecule has 6 heteroatoms. The Hall–Kier alpha value is -3.12. The van der Waals surface area contributed by atoms with Crippen LogP contribution in [-0.2, 0) is 9.63 Å². The van der Waals surface area contributed by atoms with Gasteiger partial charge in [-0.3, -0.25) is 14.5 Å². The number of nitrogens with zero attached hydrogens (tertiary/aromatic N) is 2. The van der Waals surface area contributed by atoms with E-state index in [4.69, 9.17) is 4.84 Å². The minimum atomic E-state index is -0.627. The van der Waals surface area contributed by atoms with Crippen molar-refractivity contribution in [2.45, 2.75) is 6.17 Å². The highest BCUT2D eigenvalue weighted by Crippen LogP contribution is 2.31. The lowest BCUT2D eigenvalue weighted by molar-refractivity contribution is -0.190. The van der Waals surface area contributed by atoms with Crippen LogP contribution in [0.3, 0.4) is 0 Å². The third-order valence-corrected chi connectivity index (χ3v) is 3.78. The lowest BCUT2D eigenvalue weighted by atomic mass is 10.1. The number of anilines is 1. The maximum absolute atomic E-state index is 12.7. The molecular weight excluding hydrogens is 318 g/mol. The number of hydrogen-bond acceptors (Lipinski definition) is 3. The number of hydroxylamine groups is 2. The van der Waals surface area contributed by atoms with Crippen molar-refractivity contribution in [1.82, 2.24) is 9.96 Å². The molecule has 0 aromatic heterocycles. The van der Waals surface area contributed by atoms with Gasteiger partial charge in [0.25, 0.3) is 5.91 Å². The van der Waals surface area contributed by atoms with Crippen LogP contribution in [0.5, 0.6) is 0 Å². The van der Waals surface area contributed by atoms with E-state index in [9.17, 15) is 9.59 Å². The molecule has 2 aromatic rings. The Morgan fingerprint density at radius 3 is 2.44 bits per heavy atom. The SMILES string of the molecule is C=CCON1C(=O)CN(C(=O)Nc2ccccc2)C1c1ccccc1. The maximum Gasteiger partial charge on any atom is 0.324 e. The van der Waals surface area contributed by atoms with Crippen molar-refractivity contribution < 1.29 is 14.4 Å². The van der Waals surface area contributed by atoms with Crippen molar-refractivity contribution in [3.05, 3.63) is 78.9 Å². The second-order valence-corrected chi connectivity index (χ2v) is 5.51. The standard InChI is InChI=1S/C19H19N3O3/c1-2-13-25-22-17(23)14-21(18(22)15-9-5-3-6-10-15)19(24)20-16-11-7-4-8-12-16/h2-12,18H,1,13-14H2,(H,20,24). The summed E-state index contributed by atoms with van der Waals surface area (Å²) in [6.45, 7) is 3.72. The molecule has 1 heterocycles. The molecule has 1 saturated heterocycles. The molecule has 1 unspecified atom stereocenters. The lowest BCUT2D eigenvalue weighted by Gasteiger charge is -2.29. The summed E-state index contributed by atoms with van der Waals surface area (Å²) >= 11 is 0. The van der Waals surface area contributed by atoms with E-state index in [1.165, 1.54) is 9.96 Å². The van der Waals surface area contributed by atoms with Crippen molar-refractivity contribution in [2.24, 2.45) is 0 Å². The summed E-state index contributed by atoms with van der Waals surface area (Å²) in [5.41, 5.74) is 1.46. The predicted molar refractivity (Wildman–Crippen MR) is 94.3 cm³/mol. The van der Waals surface area contributed by atoms with E-state index in [0.717, 1.165) is 5.56 Å². The molecule has 0 radical (unpaired) electrons. The Labute approximate surface area is 146 Å². The zero-order chi connectivity index (χ0) is 17.6. The third kappa shape index (κ3) is 3.70. The molecule has 0 bridgehead atoms. The second kappa shape index (κ2) is 7.63. The van der Waals surface area contributed by atoms with Gasteiger partial charge in [-0.2, -0.15) is 5.06 Å². The summed E-state index contributed by atoms with van der Waals surface area (Å²) in [5.74, 6) is -0.279. The minimum absolute atomic E-state index is 0.0601. The molecule has 1 aliphatic rings. The number of para-hydroxylation sites is 1. The smallest absolute Gasteiger partial charge is 0.308 e. The van der Waals surface area contributed by atoms with Gasteiger partial charge in [0.15, 0.2) is 6.17 Å². The fourth-order valence-electron chi connectivity index (χ4n) is 2.68. The van der Waals surface area contributed by atoms with E-state index >= 15 is 0 Å². The number of benzene rings is 2. The number of rotatable bonds is 5. The van der Waals surface area contributed by atoms with Gasteiger partial charge in [-0.15, -0.1) is 6.58 Å². The Balaban J connectivity index is 1.86. The first-order valence-electron chi connectivity index (χ1n) is 7.94. The number of carbonyl (C=O) groups excluding carboxylic acids is 2. The van der Waals surface area contributed by atoms with Crippen LogP contribution in [-0.4, -0.2) is 35.1 Å². The van der Waals surface area contributed by atoms with Crippen molar-refractivity contribution in [2.75, 3.05) is 18.5 Å². The Bertz CT molecular complexity index is 749. The van der Waals surface area contributed by atoms with E-state index in [0.29, 0.717) is 5.69 Å². The molecule has 1 aliphatic heterocycles. The van der Waals surface area contributed by atoms with Gasteiger partial charge in [0.1, 0.15) is 6.54 Å². The zero-order valence-electron chi connectivity index (χ0n) is 13.7. The van der Waals surface area contributed by atoms with Crippen LogP contribution in [0, 0.1) is 0 Å². The summed E-state index contributed by atoms with van der Waals surface area (Å²) < 4.78 is 0.